The molecule has 106 valence electrons. The highest BCUT2D eigenvalue weighted by atomic mass is 35.5. The summed E-state index contributed by atoms with van der Waals surface area (Å²) in [6.07, 6.45) is 0. The molecular weight excluding hydrogens is 274 g/mol. The van der Waals surface area contributed by atoms with Gasteiger partial charge in [-0.15, -0.1) is 0 Å². The fourth-order valence-corrected chi connectivity index (χ4v) is 2.07. The predicted molar refractivity (Wildman–Crippen MR) is 83.4 cm³/mol. The number of rotatable bonds is 5. The van der Waals surface area contributed by atoms with Crippen LogP contribution in [0.1, 0.15) is 13.8 Å². The Morgan fingerprint density at radius 3 is 2.50 bits per heavy atom. The summed E-state index contributed by atoms with van der Waals surface area (Å²) in [4.78, 5) is 15.4. The first kappa shape index (κ1) is 14.5. The Balaban J connectivity index is 2.50. The molecule has 5 nitrogen and oxygen atoms in total. The van der Waals surface area contributed by atoms with E-state index in [1.54, 1.807) is 7.05 Å². The molecule has 0 bridgehead atoms. The van der Waals surface area contributed by atoms with Gasteiger partial charge in [0.25, 0.3) is 0 Å². The normalized spacial score (nSPS) is 10.4. The van der Waals surface area contributed by atoms with Gasteiger partial charge in [0.15, 0.2) is 5.82 Å². The Bertz CT molecular complexity index is 584. The second-order valence-corrected chi connectivity index (χ2v) is 4.65. The standard InChI is InChI=1S/C14H18ClN5/c1-4-20(5-2)14-18-12(17-13(16-3)19-14)10-7-6-8-11(15)9-10/h6-9H,4-5H2,1-3H3,(H,16,17,18,19). The van der Waals surface area contributed by atoms with E-state index < -0.39 is 0 Å². The number of benzene rings is 1. The highest BCUT2D eigenvalue weighted by Gasteiger charge is 2.12. The van der Waals surface area contributed by atoms with Crippen molar-refractivity contribution in [3.05, 3.63) is 29.3 Å². The summed E-state index contributed by atoms with van der Waals surface area (Å²) in [6, 6.07) is 7.50. The zero-order valence-electron chi connectivity index (χ0n) is 11.9. The number of nitrogens with one attached hydrogen (secondary N) is 1. The van der Waals surface area contributed by atoms with E-state index in [-0.39, 0.29) is 0 Å². The minimum absolute atomic E-state index is 0.553. The van der Waals surface area contributed by atoms with Gasteiger partial charge < -0.3 is 10.2 Å². The highest BCUT2D eigenvalue weighted by Crippen LogP contribution is 2.22. The van der Waals surface area contributed by atoms with E-state index in [4.69, 9.17) is 11.6 Å². The molecular formula is C14H18ClN5. The van der Waals surface area contributed by atoms with Crippen LogP contribution < -0.4 is 10.2 Å². The van der Waals surface area contributed by atoms with E-state index in [0.29, 0.717) is 22.7 Å². The van der Waals surface area contributed by atoms with Crippen LogP contribution in [-0.2, 0) is 0 Å². The number of hydrogen-bond donors (Lipinski definition) is 1. The van der Waals surface area contributed by atoms with Gasteiger partial charge in [0.2, 0.25) is 11.9 Å². The van der Waals surface area contributed by atoms with Gasteiger partial charge >= 0.3 is 0 Å². The van der Waals surface area contributed by atoms with Crippen molar-refractivity contribution in [1.29, 1.82) is 0 Å². The quantitative estimate of drug-likeness (QED) is 0.917. The second kappa shape index (κ2) is 6.52. The summed E-state index contributed by atoms with van der Waals surface area (Å²) in [6.45, 7) is 5.84. The first-order valence-electron chi connectivity index (χ1n) is 6.62. The molecule has 0 atom stereocenters. The van der Waals surface area contributed by atoms with Crippen LogP contribution in [-0.4, -0.2) is 35.1 Å². The van der Waals surface area contributed by atoms with Crippen LogP contribution in [0.4, 0.5) is 11.9 Å². The molecule has 1 heterocycles. The first-order valence-corrected chi connectivity index (χ1v) is 7.00. The molecule has 2 rings (SSSR count). The van der Waals surface area contributed by atoms with E-state index in [2.05, 4.69) is 39.0 Å². The Kier molecular flexibility index (Phi) is 4.74. The zero-order chi connectivity index (χ0) is 14.5. The van der Waals surface area contributed by atoms with Crippen LogP contribution in [0.15, 0.2) is 24.3 Å². The number of nitrogens with zero attached hydrogens (tertiary/aromatic N) is 4. The van der Waals surface area contributed by atoms with Gasteiger partial charge in [-0.25, -0.2) is 0 Å². The molecule has 2 aromatic rings. The van der Waals surface area contributed by atoms with Crippen molar-refractivity contribution in [1.82, 2.24) is 15.0 Å². The SMILES string of the molecule is CCN(CC)c1nc(NC)nc(-c2cccc(Cl)c2)n1. The minimum atomic E-state index is 0.553. The van der Waals surface area contributed by atoms with Crippen LogP contribution in [0.5, 0.6) is 0 Å². The average Bonchev–Trinajstić information content (AvgIpc) is 2.48. The molecule has 0 saturated carbocycles. The Morgan fingerprint density at radius 2 is 1.90 bits per heavy atom. The Labute approximate surface area is 124 Å². The molecule has 20 heavy (non-hydrogen) atoms. The molecule has 6 heteroatoms. The van der Waals surface area contributed by atoms with E-state index in [9.17, 15) is 0 Å². The molecule has 0 amide bonds. The van der Waals surface area contributed by atoms with E-state index in [1.165, 1.54) is 0 Å². The lowest BCUT2D eigenvalue weighted by Crippen LogP contribution is -2.25. The summed E-state index contributed by atoms with van der Waals surface area (Å²) in [5, 5.41) is 3.64. The molecule has 0 aliphatic carbocycles. The summed E-state index contributed by atoms with van der Waals surface area (Å²) < 4.78 is 0. The van der Waals surface area contributed by atoms with E-state index in [0.717, 1.165) is 18.7 Å². The predicted octanol–water partition coefficient (Wildman–Crippen LogP) is 3.08. The van der Waals surface area contributed by atoms with Gasteiger partial charge in [-0.05, 0) is 26.0 Å². The van der Waals surface area contributed by atoms with Crippen LogP contribution in [0.2, 0.25) is 5.02 Å². The van der Waals surface area contributed by atoms with Gasteiger partial charge in [0, 0.05) is 30.7 Å². The monoisotopic (exact) mass is 291 g/mol. The van der Waals surface area contributed by atoms with Crippen LogP contribution in [0.25, 0.3) is 11.4 Å². The third-order valence-electron chi connectivity index (χ3n) is 2.98. The fraction of sp³-hybridized carbons (Fsp3) is 0.357. The van der Waals surface area contributed by atoms with Crippen molar-refractivity contribution >= 4 is 23.5 Å². The maximum Gasteiger partial charge on any atom is 0.230 e. The number of aromatic nitrogens is 3. The average molecular weight is 292 g/mol. The molecule has 1 aromatic carbocycles. The summed E-state index contributed by atoms with van der Waals surface area (Å²) in [7, 11) is 1.79. The third-order valence-corrected chi connectivity index (χ3v) is 3.21. The smallest absolute Gasteiger partial charge is 0.230 e. The molecule has 0 aliphatic rings. The summed E-state index contributed by atoms with van der Waals surface area (Å²) in [5.41, 5.74) is 0.879. The molecule has 1 aromatic heterocycles. The van der Waals surface area contributed by atoms with E-state index in [1.807, 2.05) is 24.3 Å². The van der Waals surface area contributed by atoms with Crippen molar-refractivity contribution in [3.63, 3.8) is 0 Å². The lowest BCUT2D eigenvalue weighted by molar-refractivity contribution is 0.815. The molecule has 0 radical (unpaired) electrons. The third kappa shape index (κ3) is 3.17. The van der Waals surface area contributed by atoms with Crippen LogP contribution >= 0.6 is 11.6 Å². The van der Waals surface area contributed by atoms with Crippen molar-refractivity contribution in [3.8, 4) is 11.4 Å². The molecule has 1 N–H and O–H groups in total. The molecule has 0 unspecified atom stereocenters. The number of hydrogen-bond acceptors (Lipinski definition) is 5. The van der Waals surface area contributed by atoms with Gasteiger partial charge in [-0.1, -0.05) is 23.7 Å². The van der Waals surface area contributed by atoms with Crippen molar-refractivity contribution in [2.45, 2.75) is 13.8 Å². The Morgan fingerprint density at radius 1 is 1.15 bits per heavy atom. The van der Waals surface area contributed by atoms with E-state index >= 15 is 0 Å². The fourth-order valence-electron chi connectivity index (χ4n) is 1.88. The largest absolute Gasteiger partial charge is 0.357 e. The van der Waals surface area contributed by atoms with Crippen LogP contribution in [0, 0.1) is 0 Å². The topological polar surface area (TPSA) is 53.9 Å². The van der Waals surface area contributed by atoms with Gasteiger partial charge in [-0.3, -0.25) is 0 Å². The molecule has 0 fully saturated rings. The van der Waals surface area contributed by atoms with Gasteiger partial charge in [0.05, 0.1) is 0 Å². The molecule has 0 saturated heterocycles. The zero-order valence-corrected chi connectivity index (χ0v) is 12.6. The second-order valence-electron chi connectivity index (χ2n) is 4.22. The molecule has 0 spiro atoms. The number of halogens is 1. The summed E-state index contributed by atoms with van der Waals surface area (Å²) >= 11 is 6.03. The molecule has 0 aliphatic heterocycles. The van der Waals surface area contributed by atoms with Gasteiger partial charge in [-0.2, -0.15) is 15.0 Å². The first-order chi connectivity index (χ1) is 9.67. The maximum atomic E-state index is 6.03. The Hall–Kier alpha value is -1.88. The highest BCUT2D eigenvalue weighted by molar-refractivity contribution is 6.30. The number of anilines is 2. The lowest BCUT2D eigenvalue weighted by Gasteiger charge is -2.19. The van der Waals surface area contributed by atoms with Crippen molar-refractivity contribution < 1.29 is 0 Å². The van der Waals surface area contributed by atoms with Crippen molar-refractivity contribution in [2.24, 2.45) is 0 Å². The minimum Gasteiger partial charge on any atom is -0.357 e. The van der Waals surface area contributed by atoms with Crippen LogP contribution in [0.3, 0.4) is 0 Å². The van der Waals surface area contributed by atoms with Crippen molar-refractivity contribution in [2.75, 3.05) is 30.4 Å². The summed E-state index contributed by atoms with van der Waals surface area (Å²) in [5.74, 6) is 1.84. The maximum absolute atomic E-state index is 6.03. The van der Waals surface area contributed by atoms with Gasteiger partial charge in [0.1, 0.15) is 0 Å². The lowest BCUT2D eigenvalue weighted by atomic mass is 10.2.